The lowest BCUT2D eigenvalue weighted by atomic mass is 9.96. The first-order valence-corrected chi connectivity index (χ1v) is 6.82. The largest absolute Gasteiger partial charge is 0.399 e. The molecule has 1 aliphatic heterocycles. The van der Waals surface area contributed by atoms with E-state index in [1.807, 2.05) is 17.0 Å². The highest BCUT2D eigenvalue weighted by Crippen LogP contribution is 2.36. The first kappa shape index (κ1) is 13.8. The summed E-state index contributed by atoms with van der Waals surface area (Å²) >= 11 is 2.17. The number of nitrogens with two attached hydrogens (primary N) is 1. The molecule has 0 amide bonds. The summed E-state index contributed by atoms with van der Waals surface area (Å²) < 4.78 is 38.7. The van der Waals surface area contributed by atoms with Crippen molar-refractivity contribution in [2.75, 3.05) is 23.7 Å². The van der Waals surface area contributed by atoms with E-state index in [9.17, 15) is 13.2 Å². The molecule has 2 N–H and O–H groups in total. The number of hydrogen-bond donors (Lipinski definition) is 1. The van der Waals surface area contributed by atoms with Crippen LogP contribution in [0.3, 0.4) is 0 Å². The second-order valence-electron chi connectivity index (χ2n) is 4.51. The van der Waals surface area contributed by atoms with E-state index in [4.69, 9.17) is 5.73 Å². The molecule has 18 heavy (non-hydrogen) atoms. The molecule has 1 aromatic rings. The molecule has 0 aromatic heterocycles. The molecular weight excluding hydrogens is 356 g/mol. The third-order valence-corrected chi connectivity index (χ3v) is 4.13. The minimum atomic E-state index is -4.06. The van der Waals surface area contributed by atoms with Crippen LogP contribution in [-0.4, -0.2) is 19.3 Å². The van der Waals surface area contributed by atoms with Crippen LogP contribution in [0.25, 0.3) is 0 Å². The second kappa shape index (κ2) is 5.14. The Morgan fingerprint density at radius 3 is 2.33 bits per heavy atom. The van der Waals surface area contributed by atoms with Gasteiger partial charge in [-0.3, -0.25) is 0 Å². The molecule has 1 heterocycles. The first-order chi connectivity index (χ1) is 8.38. The molecule has 2 rings (SSSR count). The van der Waals surface area contributed by atoms with E-state index in [1.54, 1.807) is 6.07 Å². The summed E-state index contributed by atoms with van der Waals surface area (Å²) in [5, 5.41) is 0. The van der Waals surface area contributed by atoms with Crippen LogP contribution < -0.4 is 10.6 Å². The Hall–Kier alpha value is -0.660. The molecule has 2 nitrogen and oxygen atoms in total. The number of nitrogen functional groups attached to an aromatic ring is 1. The van der Waals surface area contributed by atoms with Crippen molar-refractivity contribution in [1.29, 1.82) is 0 Å². The Morgan fingerprint density at radius 2 is 1.83 bits per heavy atom. The number of rotatable bonds is 1. The molecule has 1 aromatic carbocycles. The van der Waals surface area contributed by atoms with Crippen LogP contribution in [0.5, 0.6) is 0 Å². The van der Waals surface area contributed by atoms with Gasteiger partial charge in [0.1, 0.15) is 0 Å². The lowest BCUT2D eigenvalue weighted by Gasteiger charge is -2.35. The molecule has 0 spiro atoms. The van der Waals surface area contributed by atoms with Crippen molar-refractivity contribution in [2.45, 2.75) is 19.0 Å². The molecule has 1 fully saturated rings. The van der Waals surface area contributed by atoms with Gasteiger partial charge in [-0.2, -0.15) is 13.2 Å². The van der Waals surface area contributed by atoms with Crippen molar-refractivity contribution in [2.24, 2.45) is 5.92 Å². The van der Waals surface area contributed by atoms with E-state index in [0.29, 0.717) is 18.8 Å². The van der Waals surface area contributed by atoms with Crippen LogP contribution in [0.2, 0.25) is 0 Å². The van der Waals surface area contributed by atoms with Crippen LogP contribution in [0.4, 0.5) is 24.5 Å². The van der Waals surface area contributed by atoms with Crippen LogP contribution in [0.1, 0.15) is 12.8 Å². The van der Waals surface area contributed by atoms with Crippen molar-refractivity contribution in [1.82, 2.24) is 0 Å². The van der Waals surface area contributed by atoms with Crippen molar-refractivity contribution in [3.8, 4) is 0 Å². The van der Waals surface area contributed by atoms with Crippen molar-refractivity contribution in [3.63, 3.8) is 0 Å². The molecular formula is C12H14F3IN2. The van der Waals surface area contributed by atoms with Crippen molar-refractivity contribution >= 4 is 34.0 Å². The molecule has 6 heteroatoms. The smallest absolute Gasteiger partial charge is 0.391 e. The number of anilines is 2. The van der Waals surface area contributed by atoms with Gasteiger partial charge in [-0.05, 0) is 53.6 Å². The molecule has 0 unspecified atom stereocenters. The summed E-state index contributed by atoms with van der Waals surface area (Å²) in [6, 6.07) is 5.50. The fourth-order valence-electron chi connectivity index (χ4n) is 2.23. The maximum Gasteiger partial charge on any atom is 0.391 e. The molecule has 1 saturated heterocycles. The Kier molecular flexibility index (Phi) is 3.93. The molecule has 0 atom stereocenters. The number of alkyl halides is 3. The highest BCUT2D eigenvalue weighted by molar-refractivity contribution is 14.1. The summed E-state index contributed by atoms with van der Waals surface area (Å²) in [7, 11) is 0. The Morgan fingerprint density at radius 1 is 1.22 bits per heavy atom. The highest BCUT2D eigenvalue weighted by atomic mass is 127. The van der Waals surface area contributed by atoms with Gasteiger partial charge in [-0.25, -0.2) is 0 Å². The van der Waals surface area contributed by atoms with Gasteiger partial charge >= 0.3 is 6.18 Å². The van der Waals surface area contributed by atoms with E-state index in [1.165, 1.54) is 0 Å². The summed E-state index contributed by atoms with van der Waals surface area (Å²) in [6.45, 7) is 0.897. The van der Waals surface area contributed by atoms with Crippen LogP contribution >= 0.6 is 22.6 Å². The third kappa shape index (κ3) is 3.02. The average molecular weight is 370 g/mol. The zero-order valence-electron chi connectivity index (χ0n) is 9.67. The lowest BCUT2D eigenvalue weighted by molar-refractivity contribution is -0.179. The predicted molar refractivity (Wildman–Crippen MR) is 74.6 cm³/mol. The number of hydrogen-bond acceptors (Lipinski definition) is 2. The highest BCUT2D eigenvalue weighted by Gasteiger charge is 2.41. The average Bonchev–Trinajstić information content (AvgIpc) is 2.28. The van der Waals surface area contributed by atoms with Gasteiger partial charge in [-0.1, -0.05) is 0 Å². The van der Waals surface area contributed by atoms with Crippen LogP contribution in [0, 0.1) is 9.49 Å². The molecule has 100 valence electrons. The van der Waals surface area contributed by atoms with Crippen molar-refractivity contribution < 1.29 is 13.2 Å². The van der Waals surface area contributed by atoms with Crippen molar-refractivity contribution in [3.05, 3.63) is 21.8 Å². The maximum atomic E-state index is 12.6. The second-order valence-corrected chi connectivity index (χ2v) is 5.68. The number of nitrogens with zero attached hydrogens (tertiary/aromatic N) is 1. The van der Waals surface area contributed by atoms with Gasteiger partial charge in [0.25, 0.3) is 0 Å². The van der Waals surface area contributed by atoms with E-state index < -0.39 is 12.1 Å². The van der Waals surface area contributed by atoms with E-state index in [-0.39, 0.29) is 12.8 Å². The normalized spacial score (nSPS) is 18.1. The monoisotopic (exact) mass is 370 g/mol. The van der Waals surface area contributed by atoms with E-state index >= 15 is 0 Å². The molecule has 1 aliphatic rings. The summed E-state index contributed by atoms with van der Waals surface area (Å²) in [5.74, 6) is -1.15. The van der Waals surface area contributed by atoms with Gasteiger partial charge in [0.2, 0.25) is 0 Å². The fourth-order valence-corrected chi connectivity index (χ4v) is 3.11. The summed E-state index contributed by atoms with van der Waals surface area (Å²) in [5.41, 5.74) is 7.32. The first-order valence-electron chi connectivity index (χ1n) is 5.74. The van der Waals surface area contributed by atoms with Gasteiger partial charge in [0.05, 0.1) is 11.6 Å². The quantitative estimate of drug-likeness (QED) is 0.604. The maximum absolute atomic E-state index is 12.6. The van der Waals surface area contributed by atoms with E-state index in [2.05, 4.69) is 22.6 Å². The van der Waals surface area contributed by atoms with Gasteiger partial charge in [0, 0.05) is 22.3 Å². The Balaban J connectivity index is 2.06. The Bertz CT molecular complexity index is 426. The van der Waals surface area contributed by atoms with E-state index in [0.717, 1.165) is 9.26 Å². The topological polar surface area (TPSA) is 29.3 Å². The minimum Gasteiger partial charge on any atom is -0.399 e. The van der Waals surface area contributed by atoms with Crippen LogP contribution in [0.15, 0.2) is 18.2 Å². The summed E-state index contributed by atoms with van der Waals surface area (Å²) in [4.78, 5) is 2.00. The number of benzene rings is 1. The standard InChI is InChI=1S/C12H14F3IN2/c13-12(14,15)8-3-5-18(6-4-8)11-2-1-9(17)7-10(11)16/h1-2,7-8H,3-6,17H2. The minimum absolute atomic E-state index is 0.171. The molecule has 0 aliphatic carbocycles. The zero-order valence-corrected chi connectivity index (χ0v) is 11.8. The molecule has 0 radical (unpaired) electrons. The molecule has 0 saturated carbocycles. The SMILES string of the molecule is Nc1ccc(N2CCC(C(F)(F)F)CC2)c(I)c1. The number of halogens is 4. The third-order valence-electron chi connectivity index (χ3n) is 3.27. The predicted octanol–water partition coefficient (Wildman–Crippen LogP) is 3.65. The zero-order chi connectivity index (χ0) is 13.3. The van der Waals surface area contributed by atoms with Gasteiger partial charge in [0.15, 0.2) is 0 Å². The number of piperidine rings is 1. The van der Waals surface area contributed by atoms with Gasteiger partial charge in [-0.15, -0.1) is 0 Å². The van der Waals surface area contributed by atoms with Crippen LogP contribution in [-0.2, 0) is 0 Å². The fraction of sp³-hybridized carbons (Fsp3) is 0.500. The molecule has 0 bridgehead atoms. The summed E-state index contributed by atoms with van der Waals surface area (Å²) in [6.07, 6.45) is -3.71. The van der Waals surface area contributed by atoms with Gasteiger partial charge < -0.3 is 10.6 Å². The Labute approximate surface area is 117 Å². The lowest BCUT2D eigenvalue weighted by Crippen LogP contribution is -2.39.